The molecular weight excluding hydrogens is 284 g/mol. The SMILES string of the molecule is C=CC(=O)NCCC[N+](CC)(CC)Cc1ccccc1.[Cl-]. The maximum Gasteiger partial charge on any atom is 0.243 e. The summed E-state index contributed by atoms with van der Waals surface area (Å²) in [7, 11) is 0. The third-order valence-corrected chi connectivity index (χ3v) is 4.00. The predicted octanol–water partition coefficient (Wildman–Crippen LogP) is -0.260. The lowest BCUT2D eigenvalue weighted by Crippen LogP contribution is -3.00. The monoisotopic (exact) mass is 310 g/mol. The molecule has 0 aliphatic carbocycles. The van der Waals surface area contributed by atoms with E-state index in [0.29, 0.717) is 0 Å². The van der Waals surface area contributed by atoms with Gasteiger partial charge in [-0.25, -0.2) is 0 Å². The van der Waals surface area contributed by atoms with E-state index in [1.807, 2.05) is 0 Å². The van der Waals surface area contributed by atoms with Crippen LogP contribution in [0.4, 0.5) is 0 Å². The van der Waals surface area contributed by atoms with Gasteiger partial charge >= 0.3 is 0 Å². The average Bonchev–Trinajstić information content (AvgIpc) is 2.51. The van der Waals surface area contributed by atoms with Crippen molar-refractivity contribution < 1.29 is 21.7 Å². The largest absolute Gasteiger partial charge is 1.00 e. The summed E-state index contributed by atoms with van der Waals surface area (Å²) in [5.41, 5.74) is 1.38. The second-order valence-electron chi connectivity index (χ2n) is 5.19. The summed E-state index contributed by atoms with van der Waals surface area (Å²) in [5, 5.41) is 2.85. The average molecular weight is 311 g/mol. The topological polar surface area (TPSA) is 29.1 Å². The second kappa shape index (κ2) is 10.4. The van der Waals surface area contributed by atoms with Crippen LogP contribution in [0.15, 0.2) is 43.0 Å². The summed E-state index contributed by atoms with van der Waals surface area (Å²) in [6.45, 7) is 13.0. The van der Waals surface area contributed by atoms with Crippen molar-refractivity contribution in [2.24, 2.45) is 0 Å². The summed E-state index contributed by atoms with van der Waals surface area (Å²) in [5.74, 6) is -0.0841. The summed E-state index contributed by atoms with van der Waals surface area (Å²) >= 11 is 0. The van der Waals surface area contributed by atoms with Crippen LogP contribution in [-0.4, -0.2) is 36.6 Å². The summed E-state index contributed by atoms with van der Waals surface area (Å²) < 4.78 is 1.06. The van der Waals surface area contributed by atoms with Crippen LogP contribution in [0.1, 0.15) is 25.8 Å². The van der Waals surface area contributed by atoms with E-state index in [0.717, 1.165) is 43.6 Å². The molecule has 0 heterocycles. The van der Waals surface area contributed by atoms with Gasteiger partial charge in [-0.3, -0.25) is 4.79 Å². The zero-order valence-electron chi connectivity index (χ0n) is 13.1. The van der Waals surface area contributed by atoms with E-state index in [2.05, 4.69) is 56.1 Å². The number of nitrogens with zero attached hydrogens (tertiary/aromatic N) is 1. The Kier molecular flexibility index (Phi) is 9.76. The first-order chi connectivity index (χ1) is 9.65. The van der Waals surface area contributed by atoms with Crippen LogP contribution >= 0.6 is 0 Å². The quantitative estimate of drug-likeness (QED) is 0.380. The maximum atomic E-state index is 11.1. The van der Waals surface area contributed by atoms with Crippen molar-refractivity contribution in [3.05, 3.63) is 48.6 Å². The fourth-order valence-electron chi connectivity index (χ4n) is 2.51. The van der Waals surface area contributed by atoms with Crippen LogP contribution in [0.25, 0.3) is 0 Å². The Morgan fingerprint density at radius 3 is 2.38 bits per heavy atom. The van der Waals surface area contributed by atoms with Crippen LogP contribution in [0.5, 0.6) is 0 Å². The van der Waals surface area contributed by atoms with Crippen molar-refractivity contribution in [2.75, 3.05) is 26.2 Å². The molecule has 3 nitrogen and oxygen atoms in total. The van der Waals surface area contributed by atoms with Crippen LogP contribution in [-0.2, 0) is 11.3 Å². The first kappa shape index (κ1) is 19.7. The van der Waals surface area contributed by atoms with E-state index in [-0.39, 0.29) is 18.3 Å². The normalized spacial score (nSPS) is 10.6. The number of halogens is 1. The van der Waals surface area contributed by atoms with Crippen molar-refractivity contribution in [3.63, 3.8) is 0 Å². The van der Waals surface area contributed by atoms with Crippen molar-refractivity contribution in [1.82, 2.24) is 5.32 Å². The Hall–Kier alpha value is -1.32. The van der Waals surface area contributed by atoms with Gasteiger partial charge in [0, 0.05) is 18.5 Å². The predicted molar refractivity (Wildman–Crippen MR) is 84.2 cm³/mol. The van der Waals surface area contributed by atoms with Crippen LogP contribution in [0.2, 0.25) is 0 Å². The molecule has 0 aliphatic rings. The number of carbonyl (C=O) groups is 1. The molecule has 4 heteroatoms. The highest BCUT2D eigenvalue weighted by Crippen LogP contribution is 2.15. The molecule has 0 aliphatic heterocycles. The Morgan fingerprint density at radius 2 is 1.86 bits per heavy atom. The number of hydrogen-bond donors (Lipinski definition) is 1. The molecule has 0 radical (unpaired) electrons. The van der Waals surface area contributed by atoms with Crippen molar-refractivity contribution in [3.8, 4) is 0 Å². The molecule has 118 valence electrons. The Balaban J connectivity index is 0.00000400. The number of benzene rings is 1. The number of amides is 1. The molecule has 0 spiro atoms. The van der Waals surface area contributed by atoms with Crippen LogP contribution < -0.4 is 17.7 Å². The molecule has 0 unspecified atom stereocenters. The molecule has 1 rings (SSSR count). The van der Waals surface area contributed by atoms with Crippen molar-refractivity contribution in [1.29, 1.82) is 0 Å². The zero-order valence-corrected chi connectivity index (χ0v) is 13.9. The lowest BCUT2D eigenvalue weighted by Gasteiger charge is -2.37. The highest BCUT2D eigenvalue weighted by molar-refractivity contribution is 5.86. The van der Waals surface area contributed by atoms with Crippen molar-refractivity contribution >= 4 is 5.91 Å². The second-order valence-corrected chi connectivity index (χ2v) is 5.19. The Bertz CT molecular complexity index is 416. The minimum Gasteiger partial charge on any atom is -1.00 e. The van der Waals surface area contributed by atoms with Gasteiger partial charge in [0.2, 0.25) is 5.91 Å². The van der Waals surface area contributed by atoms with E-state index in [1.165, 1.54) is 11.6 Å². The van der Waals surface area contributed by atoms with Gasteiger partial charge in [0.1, 0.15) is 6.54 Å². The van der Waals surface area contributed by atoms with Crippen molar-refractivity contribution in [2.45, 2.75) is 26.8 Å². The van der Waals surface area contributed by atoms with Gasteiger partial charge in [-0.05, 0) is 19.9 Å². The van der Waals surface area contributed by atoms with Gasteiger partial charge in [-0.1, -0.05) is 36.9 Å². The number of nitrogens with one attached hydrogen (secondary N) is 1. The number of quaternary nitrogens is 1. The van der Waals surface area contributed by atoms with E-state index in [1.54, 1.807) is 0 Å². The highest BCUT2D eigenvalue weighted by atomic mass is 35.5. The van der Waals surface area contributed by atoms with E-state index < -0.39 is 0 Å². The molecule has 0 saturated carbocycles. The molecule has 0 aromatic heterocycles. The minimum atomic E-state index is -0.0841. The van der Waals surface area contributed by atoms with E-state index >= 15 is 0 Å². The number of rotatable bonds is 9. The Morgan fingerprint density at radius 1 is 1.24 bits per heavy atom. The van der Waals surface area contributed by atoms with Gasteiger partial charge in [-0.15, -0.1) is 0 Å². The highest BCUT2D eigenvalue weighted by Gasteiger charge is 2.23. The molecule has 21 heavy (non-hydrogen) atoms. The molecular formula is C17H27ClN2O. The van der Waals surface area contributed by atoms with Gasteiger partial charge < -0.3 is 22.2 Å². The van der Waals surface area contributed by atoms with Gasteiger partial charge in [0.05, 0.1) is 19.6 Å². The first-order valence-corrected chi connectivity index (χ1v) is 7.45. The summed E-state index contributed by atoms with van der Waals surface area (Å²) in [6.07, 6.45) is 2.32. The molecule has 1 N–H and O–H groups in total. The maximum absolute atomic E-state index is 11.1. The first-order valence-electron chi connectivity index (χ1n) is 7.45. The molecule has 0 fully saturated rings. The lowest BCUT2D eigenvalue weighted by atomic mass is 10.1. The van der Waals surface area contributed by atoms with E-state index in [4.69, 9.17) is 0 Å². The standard InChI is InChI=1S/C17H26N2O.ClH/c1-4-17(20)18-13-10-14-19(5-2,6-3)15-16-11-8-7-9-12-16;/h4,7-9,11-12H,1,5-6,10,13-15H2,2-3H3;1H. The molecule has 1 amide bonds. The molecule has 0 atom stereocenters. The molecule has 1 aromatic carbocycles. The number of hydrogen-bond acceptors (Lipinski definition) is 1. The van der Waals surface area contributed by atoms with Crippen LogP contribution in [0, 0.1) is 0 Å². The number of carbonyl (C=O) groups excluding carboxylic acids is 1. The lowest BCUT2D eigenvalue weighted by molar-refractivity contribution is -0.937. The Labute approximate surface area is 135 Å². The van der Waals surface area contributed by atoms with E-state index in [9.17, 15) is 4.79 Å². The fraction of sp³-hybridized carbons (Fsp3) is 0.471. The minimum absolute atomic E-state index is 0. The third kappa shape index (κ3) is 6.78. The van der Waals surface area contributed by atoms with Crippen LogP contribution in [0.3, 0.4) is 0 Å². The van der Waals surface area contributed by atoms with Gasteiger partial charge in [0.15, 0.2) is 0 Å². The smallest absolute Gasteiger partial charge is 0.243 e. The summed E-state index contributed by atoms with van der Waals surface area (Å²) in [4.78, 5) is 11.1. The zero-order chi connectivity index (χ0) is 14.8. The third-order valence-electron chi connectivity index (χ3n) is 4.00. The van der Waals surface area contributed by atoms with Gasteiger partial charge in [-0.2, -0.15) is 0 Å². The molecule has 1 aromatic rings. The molecule has 0 bridgehead atoms. The summed E-state index contributed by atoms with van der Waals surface area (Å²) in [6, 6.07) is 10.6. The fourth-order valence-corrected chi connectivity index (χ4v) is 2.51. The van der Waals surface area contributed by atoms with Gasteiger partial charge in [0.25, 0.3) is 0 Å². The molecule has 0 saturated heterocycles.